The van der Waals surface area contributed by atoms with Crippen molar-refractivity contribution in [2.45, 2.75) is 58.1 Å². The summed E-state index contributed by atoms with van der Waals surface area (Å²) in [4.78, 5) is 21.9. The average Bonchev–Trinajstić information content (AvgIpc) is 2.68. The Bertz CT molecular complexity index is 809. The summed E-state index contributed by atoms with van der Waals surface area (Å²) in [6, 6.07) is 0. The van der Waals surface area contributed by atoms with Gasteiger partial charge in [0.2, 0.25) is 11.8 Å². The van der Waals surface area contributed by atoms with Gasteiger partial charge in [0.05, 0.1) is 11.7 Å². The van der Waals surface area contributed by atoms with Crippen LogP contribution in [0.5, 0.6) is 11.8 Å². The molecule has 1 aliphatic carbocycles. The molecule has 0 N–H and O–H groups in total. The second-order valence-electron chi connectivity index (χ2n) is 7.36. The molecule has 0 saturated carbocycles. The van der Waals surface area contributed by atoms with Crippen LogP contribution in [0.1, 0.15) is 38.7 Å². The lowest BCUT2D eigenvalue weighted by atomic mass is 10.1. The van der Waals surface area contributed by atoms with Gasteiger partial charge in [0.15, 0.2) is 0 Å². The Labute approximate surface area is 178 Å². The second-order valence-corrected chi connectivity index (χ2v) is 8.28. The molecular weight excluding hydrogens is 445 g/mol. The lowest BCUT2D eigenvalue weighted by Crippen LogP contribution is -2.42. The van der Waals surface area contributed by atoms with Gasteiger partial charge >= 0.3 is 6.09 Å². The fraction of sp³-hybridized carbons (Fsp3) is 0.550. The smallest absolute Gasteiger partial charge is 0.410 e. The summed E-state index contributed by atoms with van der Waals surface area (Å²) in [6.07, 6.45) is 6.79. The van der Waals surface area contributed by atoms with Crippen LogP contribution >= 0.6 is 15.9 Å². The minimum absolute atomic E-state index is 0.0780. The number of carbonyl (C=O) groups excluding carboxylic acids is 1. The van der Waals surface area contributed by atoms with Crippen LogP contribution in [-0.2, 0) is 4.74 Å². The second kappa shape index (κ2) is 9.11. The first kappa shape index (κ1) is 21.5. The number of nitrogens with zero attached hydrogens (tertiary/aromatic N) is 3. The molecule has 1 aromatic heterocycles. The van der Waals surface area contributed by atoms with E-state index >= 15 is 0 Å². The van der Waals surface area contributed by atoms with Crippen molar-refractivity contribution in [1.29, 1.82) is 0 Å². The van der Waals surface area contributed by atoms with Crippen molar-refractivity contribution in [3.8, 4) is 11.8 Å². The molecule has 3 rings (SSSR count). The van der Waals surface area contributed by atoms with Crippen LogP contribution < -0.4 is 9.47 Å². The molecule has 1 aliphatic heterocycles. The molecule has 0 spiro atoms. The lowest BCUT2D eigenvalue weighted by molar-refractivity contribution is -0.0178. The highest BCUT2D eigenvalue weighted by Gasteiger charge is 2.32. The van der Waals surface area contributed by atoms with Gasteiger partial charge in [-0.3, -0.25) is 0 Å². The van der Waals surface area contributed by atoms with E-state index in [-0.39, 0.29) is 30.6 Å². The fourth-order valence-electron chi connectivity index (χ4n) is 3.04. The molecule has 1 fully saturated rings. The average molecular weight is 470 g/mol. The minimum Gasteiger partial charge on any atom is -0.474 e. The first-order chi connectivity index (χ1) is 13.8. The number of aromatic nitrogens is 2. The van der Waals surface area contributed by atoms with E-state index in [4.69, 9.17) is 14.2 Å². The van der Waals surface area contributed by atoms with E-state index in [9.17, 15) is 9.18 Å². The molecule has 0 aromatic carbocycles. The van der Waals surface area contributed by atoms with E-state index in [1.54, 1.807) is 24.0 Å². The molecule has 1 unspecified atom stereocenters. The third-order valence-corrected chi connectivity index (χ3v) is 5.23. The topological polar surface area (TPSA) is 73.8 Å². The number of amides is 1. The summed E-state index contributed by atoms with van der Waals surface area (Å²) in [7, 11) is 0. The van der Waals surface area contributed by atoms with Crippen molar-refractivity contribution in [3.05, 3.63) is 34.6 Å². The maximum atomic E-state index is 14.9. The molecule has 0 radical (unpaired) electrons. The van der Waals surface area contributed by atoms with E-state index in [1.165, 1.54) is 12.4 Å². The predicted molar refractivity (Wildman–Crippen MR) is 109 cm³/mol. The summed E-state index contributed by atoms with van der Waals surface area (Å²) < 4.78 is 32.4. The normalized spacial score (nSPS) is 22.4. The zero-order chi connectivity index (χ0) is 21.0. The number of piperidine rings is 1. The van der Waals surface area contributed by atoms with Gasteiger partial charge in [-0.1, -0.05) is 22.0 Å². The number of alkyl halides is 1. The SMILES string of the molecule is Cc1c(OC2CCN(C(=O)OC(C)C)CC2)ncnc1OC1(F)C=CC(Br)=CC1. The number of allylic oxidation sites excluding steroid dienone is 2. The number of rotatable bonds is 5. The molecule has 7 nitrogen and oxygen atoms in total. The Kier molecular flexibility index (Phi) is 6.77. The van der Waals surface area contributed by atoms with E-state index < -0.39 is 5.85 Å². The van der Waals surface area contributed by atoms with E-state index in [1.807, 2.05) is 13.8 Å². The van der Waals surface area contributed by atoms with E-state index in [2.05, 4.69) is 25.9 Å². The Morgan fingerprint density at radius 1 is 1.31 bits per heavy atom. The van der Waals surface area contributed by atoms with E-state index in [0.717, 1.165) is 4.48 Å². The lowest BCUT2D eigenvalue weighted by Gasteiger charge is -2.32. The maximum absolute atomic E-state index is 14.9. The molecule has 158 valence electrons. The quantitative estimate of drug-likeness (QED) is 0.633. The number of likely N-dealkylation sites (tertiary alicyclic amines) is 1. The third kappa shape index (κ3) is 5.68. The Morgan fingerprint density at radius 3 is 2.62 bits per heavy atom. The maximum Gasteiger partial charge on any atom is 0.410 e. The molecular formula is C20H25BrFN3O4. The number of hydrogen-bond acceptors (Lipinski definition) is 6. The largest absolute Gasteiger partial charge is 0.474 e. The van der Waals surface area contributed by atoms with Crippen LogP contribution in [0.2, 0.25) is 0 Å². The van der Waals surface area contributed by atoms with Crippen LogP contribution in [0.15, 0.2) is 29.0 Å². The Hall–Kier alpha value is -2.16. The standard InChI is InChI=1S/C20H25BrFN3O4/c1-13(2)27-19(26)25-10-6-16(7-11-25)28-17-14(3)18(24-12-23-17)29-20(22)8-4-15(21)5-9-20/h4-5,8,12-13,16H,6-7,9-11H2,1-3H3. The van der Waals surface area contributed by atoms with Gasteiger partial charge in [0.25, 0.3) is 5.85 Å². The third-order valence-electron chi connectivity index (χ3n) is 4.64. The number of carbonyl (C=O) groups is 1. The monoisotopic (exact) mass is 469 g/mol. The summed E-state index contributed by atoms with van der Waals surface area (Å²) in [5.41, 5.74) is 0.535. The van der Waals surface area contributed by atoms with Gasteiger partial charge in [0, 0.05) is 36.8 Å². The zero-order valence-corrected chi connectivity index (χ0v) is 18.3. The molecule has 29 heavy (non-hydrogen) atoms. The van der Waals surface area contributed by atoms with Crippen LogP contribution in [0.4, 0.5) is 9.18 Å². The predicted octanol–water partition coefficient (Wildman–Crippen LogP) is 4.46. The fourth-order valence-corrected chi connectivity index (χ4v) is 3.34. The van der Waals surface area contributed by atoms with Gasteiger partial charge in [-0.2, -0.15) is 4.39 Å². The summed E-state index contributed by atoms with van der Waals surface area (Å²) in [6.45, 7) is 6.48. The van der Waals surface area contributed by atoms with Gasteiger partial charge in [-0.15, -0.1) is 0 Å². The van der Waals surface area contributed by atoms with Crippen molar-refractivity contribution in [2.24, 2.45) is 0 Å². The van der Waals surface area contributed by atoms with Crippen LogP contribution in [0, 0.1) is 6.92 Å². The summed E-state index contributed by atoms with van der Waals surface area (Å²) in [5.74, 6) is -1.46. The molecule has 1 amide bonds. The minimum atomic E-state index is -1.96. The van der Waals surface area contributed by atoms with Crippen molar-refractivity contribution >= 4 is 22.0 Å². The zero-order valence-electron chi connectivity index (χ0n) is 16.7. The first-order valence-electron chi connectivity index (χ1n) is 9.62. The van der Waals surface area contributed by atoms with Crippen molar-refractivity contribution < 1.29 is 23.4 Å². The molecule has 9 heteroatoms. The van der Waals surface area contributed by atoms with Crippen molar-refractivity contribution in [3.63, 3.8) is 0 Å². The summed E-state index contributed by atoms with van der Waals surface area (Å²) >= 11 is 3.31. The van der Waals surface area contributed by atoms with Crippen LogP contribution in [0.3, 0.4) is 0 Å². The van der Waals surface area contributed by atoms with Crippen molar-refractivity contribution in [2.75, 3.05) is 13.1 Å². The molecule has 2 aliphatic rings. The highest BCUT2D eigenvalue weighted by molar-refractivity contribution is 9.11. The number of ether oxygens (including phenoxy) is 3. The van der Waals surface area contributed by atoms with Gasteiger partial charge < -0.3 is 19.1 Å². The summed E-state index contributed by atoms with van der Waals surface area (Å²) in [5, 5.41) is 0. The number of hydrogen-bond donors (Lipinski definition) is 0. The highest BCUT2D eigenvalue weighted by atomic mass is 79.9. The highest BCUT2D eigenvalue weighted by Crippen LogP contribution is 2.33. The number of halogens is 2. The Morgan fingerprint density at radius 2 is 2.00 bits per heavy atom. The van der Waals surface area contributed by atoms with Crippen molar-refractivity contribution in [1.82, 2.24) is 14.9 Å². The van der Waals surface area contributed by atoms with Gasteiger partial charge in [0.1, 0.15) is 12.4 Å². The van der Waals surface area contributed by atoms with Crippen LogP contribution in [-0.4, -0.2) is 52.1 Å². The van der Waals surface area contributed by atoms with Gasteiger partial charge in [-0.25, -0.2) is 14.8 Å². The molecule has 1 saturated heterocycles. The van der Waals surface area contributed by atoms with E-state index in [0.29, 0.717) is 37.4 Å². The van der Waals surface area contributed by atoms with Crippen LogP contribution in [0.25, 0.3) is 0 Å². The molecule has 0 bridgehead atoms. The molecule has 1 aromatic rings. The molecule has 1 atom stereocenters. The van der Waals surface area contributed by atoms with Gasteiger partial charge in [-0.05, 0) is 32.9 Å². The Balaban J connectivity index is 1.59. The first-order valence-corrected chi connectivity index (χ1v) is 10.4. The molecule has 2 heterocycles.